The highest BCUT2D eigenvalue weighted by molar-refractivity contribution is 7.17. The maximum Gasteiger partial charge on any atom is 0.350 e. The number of carbonyl (C=O) groups is 1. The quantitative estimate of drug-likeness (QED) is 0.477. The predicted molar refractivity (Wildman–Crippen MR) is 91.6 cm³/mol. The molecule has 0 fully saturated rings. The minimum Gasteiger partial charge on any atom is -0.493 e. The van der Waals surface area contributed by atoms with E-state index in [0.29, 0.717) is 28.9 Å². The normalized spacial score (nSPS) is 10.7. The van der Waals surface area contributed by atoms with Gasteiger partial charge in [-0.3, -0.25) is 5.43 Å². The number of aromatic nitrogens is 1. The molecule has 0 saturated carbocycles. The van der Waals surface area contributed by atoms with Gasteiger partial charge in [-0.05, 0) is 32.9 Å². The third-order valence-corrected chi connectivity index (χ3v) is 3.88. The van der Waals surface area contributed by atoms with Crippen LogP contribution in [0.1, 0.15) is 34.8 Å². The van der Waals surface area contributed by atoms with Gasteiger partial charge in [0.1, 0.15) is 10.6 Å². The summed E-state index contributed by atoms with van der Waals surface area (Å²) in [7, 11) is 0. The number of ether oxygens (including phenoxy) is 2. The van der Waals surface area contributed by atoms with Crippen molar-refractivity contribution in [3.8, 4) is 5.75 Å². The number of nitrogens with zero attached hydrogens (tertiary/aromatic N) is 2. The third kappa shape index (κ3) is 4.53. The van der Waals surface area contributed by atoms with Gasteiger partial charge in [0, 0.05) is 5.56 Å². The summed E-state index contributed by atoms with van der Waals surface area (Å²) in [6.45, 7) is 6.40. The van der Waals surface area contributed by atoms with Gasteiger partial charge in [0.05, 0.1) is 25.1 Å². The van der Waals surface area contributed by atoms with Crippen molar-refractivity contribution in [1.29, 1.82) is 0 Å². The summed E-state index contributed by atoms with van der Waals surface area (Å²) < 4.78 is 10.5. The number of para-hydroxylation sites is 1. The van der Waals surface area contributed by atoms with E-state index in [9.17, 15) is 4.79 Å². The second-order valence-electron chi connectivity index (χ2n) is 4.49. The summed E-state index contributed by atoms with van der Waals surface area (Å²) >= 11 is 1.22. The topological polar surface area (TPSA) is 72.8 Å². The van der Waals surface area contributed by atoms with Crippen LogP contribution < -0.4 is 10.2 Å². The zero-order chi connectivity index (χ0) is 16.7. The van der Waals surface area contributed by atoms with E-state index in [1.807, 2.05) is 31.2 Å². The van der Waals surface area contributed by atoms with Crippen molar-refractivity contribution in [1.82, 2.24) is 4.98 Å². The second-order valence-corrected chi connectivity index (χ2v) is 5.49. The van der Waals surface area contributed by atoms with E-state index in [4.69, 9.17) is 9.47 Å². The highest BCUT2D eigenvalue weighted by atomic mass is 32.1. The molecule has 7 heteroatoms. The van der Waals surface area contributed by atoms with Crippen LogP contribution in [-0.2, 0) is 4.74 Å². The summed E-state index contributed by atoms with van der Waals surface area (Å²) in [6.07, 6.45) is 1.66. The van der Waals surface area contributed by atoms with Crippen LogP contribution in [0.3, 0.4) is 0 Å². The number of aryl methyl sites for hydroxylation is 1. The standard InChI is InChI=1S/C16H19N3O3S/c1-4-21-13-9-7-6-8-12(13)10-17-19-16-18-11(3)14(23-16)15(20)22-5-2/h6-10H,4-5H2,1-3H3,(H,18,19)/b17-10-. The van der Waals surface area contributed by atoms with Crippen LogP contribution >= 0.6 is 11.3 Å². The number of hydrazone groups is 1. The fourth-order valence-electron chi connectivity index (χ4n) is 1.86. The lowest BCUT2D eigenvalue weighted by Gasteiger charge is -2.05. The summed E-state index contributed by atoms with van der Waals surface area (Å²) in [5.41, 5.74) is 4.32. The van der Waals surface area contributed by atoms with Gasteiger partial charge >= 0.3 is 5.97 Å². The molecule has 1 aromatic carbocycles. The van der Waals surface area contributed by atoms with Crippen molar-refractivity contribution in [2.75, 3.05) is 18.6 Å². The van der Waals surface area contributed by atoms with Gasteiger partial charge in [-0.1, -0.05) is 23.5 Å². The van der Waals surface area contributed by atoms with Crippen LogP contribution in [0, 0.1) is 6.92 Å². The Bertz CT molecular complexity index is 698. The lowest BCUT2D eigenvalue weighted by Crippen LogP contribution is -2.03. The number of benzene rings is 1. The van der Waals surface area contributed by atoms with Crippen molar-refractivity contribution in [3.05, 3.63) is 40.4 Å². The molecule has 122 valence electrons. The van der Waals surface area contributed by atoms with Crippen LogP contribution in [-0.4, -0.2) is 30.4 Å². The summed E-state index contributed by atoms with van der Waals surface area (Å²) in [5.74, 6) is 0.407. The summed E-state index contributed by atoms with van der Waals surface area (Å²) in [4.78, 5) is 16.5. The molecule has 0 amide bonds. The van der Waals surface area contributed by atoms with Crippen molar-refractivity contribution < 1.29 is 14.3 Å². The highest BCUT2D eigenvalue weighted by Gasteiger charge is 2.15. The lowest BCUT2D eigenvalue weighted by atomic mass is 10.2. The Morgan fingerprint density at radius 2 is 2.13 bits per heavy atom. The first-order valence-corrected chi connectivity index (χ1v) is 8.12. The van der Waals surface area contributed by atoms with Gasteiger partial charge in [0.25, 0.3) is 0 Å². The number of carbonyl (C=O) groups excluding carboxylic acids is 1. The molecule has 0 radical (unpaired) electrons. The SMILES string of the molecule is CCOC(=O)c1sc(N/N=C\c2ccccc2OCC)nc1C. The molecule has 0 saturated heterocycles. The number of nitrogens with one attached hydrogen (secondary N) is 1. The number of anilines is 1. The van der Waals surface area contributed by atoms with Gasteiger partial charge in [-0.15, -0.1) is 0 Å². The Morgan fingerprint density at radius 3 is 2.87 bits per heavy atom. The van der Waals surface area contributed by atoms with E-state index >= 15 is 0 Å². The first-order valence-electron chi connectivity index (χ1n) is 7.31. The molecule has 0 aliphatic carbocycles. The highest BCUT2D eigenvalue weighted by Crippen LogP contribution is 2.23. The van der Waals surface area contributed by atoms with Crippen LogP contribution in [0.25, 0.3) is 0 Å². The Morgan fingerprint density at radius 1 is 1.35 bits per heavy atom. The molecule has 1 heterocycles. The van der Waals surface area contributed by atoms with Crippen LogP contribution in [0.15, 0.2) is 29.4 Å². The Labute approximate surface area is 139 Å². The molecule has 0 aliphatic heterocycles. The zero-order valence-corrected chi connectivity index (χ0v) is 14.1. The Hall–Kier alpha value is -2.41. The van der Waals surface area contributed by atoms with Gasteiger partial charge in [-0.2, -0.15) is 5.10 Å². The van der Waals surface area contributed by atoms with E-state index in [0.717, 1.165) is 11.3 Å². The number of esters is 1. The number of thiazole rings is 1. The van der Waals surface area contributed by atoms with E-state index in [2.05, 4.69) is 15.5 Å². The molecule has 2 aromatic rings. The molecule has 23 heavy (non-hydrogen) atoms. The average molecular weight is 333 g/mol. The number of hydrogen-bond acceptors (Lipinski definition) is 7. The molecular formula is C16H19N3O3S. The number of hydrogen-bond donors (Lipinski definition) is 1. The molecule has 0 spiro atoms. The minimum atomic E-state index is -0.360. The molecule has 0 bridgehead atoms. The molecule has 1 aromatic heterocycles. The van der Waals surface area contributed by atoms with Crippen LogP contribution in [0.4, 0.5) is 5.13 Å². The third-order valence-electron chi connectivity index (χ3n) is 2.84. The van der Waals surface area contributed by atoms with Gasteiger partial charge < -0.3 is 9.47 Å². The van der Waals surface area contributed by atoms with E-state index in [-0.39, 0.29) is 5.97 Å². The fourth-order valence-corrected chi connectivity index (χ4v) is 2.67. The van der Waals surface area contributed by atoms with Gasteiger partial charge in [0.2, 0.25) is 5.13 Å². The Balaban J connectivity index is 2.06. The molecular weight excluding hydrogens is 314 g/mol. The van der Waals surface area contributed by atoms with Crippen molar-refractivity contribution in [2.45, 2.75) is 20.8 Å². The van der Waals surface area contributed by atoms with Gasteiger partial charge in [0.15, 0.2) is 0 Å². The smallest absolute Gasteiger partial charge is 0.350 e. The largest absolute Gasteiger partial charge is 0.493 e. The molecule has 0 unspecified atom stereocenters. The fraction of sp³-hybridized carbons (Fsp3) is 0.312. The molecule has 0 atom stereocenters. The van der Waals surface area contributed by atoms with E-state index in [1.54, 1.807) is 20.1 Å². The van der Waals surface area contributed by atoms with Crippen molar-refractivity contribution >= 4 is 28.7 Å². The minimum absolute atomic E-state index is 0.339. The monoisotopic (exact) mass is 333 g/mol. The first-order chi connectivity index (χ1) is 11.2. The van der Waals surface area contributed by atoms with Crippen LogP contribution in [0.2, 0.25) is 0 Å². The lowest BCUT2D eigenvalue weighted by molar-refractivity contribution is 0.0531. The Kier molecular flexibility index (Phi) is 6.10. The maximum absolute atomic E-state index is 11.8. The van der Waals surface area contributed by atoms with Crippen molar-refractivity contribution in [3.63, 3.8) is 0 Å². The predicted octanol–water partition coefficient (Wildman–Crippen LogP) is 3.47. The average Bonchev–Trinajstić information content (AvgIpc) is 2.90. The summed E-state index contributed by atoms with van der Waals surface area (Å²) in [6, 6.07) is 7.62. The van der Waals surface area contributed by atoms with E-state index in [1.165, 1.54) is 11.3 Å². The zero-order valence-electron chi connectivity index (χ0n) is 13.3. The first kappa shape index (κ1) is 17.0. The van der Waals surface area contributed by atoms with E-state index < -0.39 is 0 Å². The van der Waals surface area contributed by atoms with Crippen molar-refractivity contribution in [2.24, 2.45) is 5.10 Å². The van der Waals surface area contributed by atoms with Crippen LogP contribution in [0.5, 0.6) is 5.75 Å². The number of rotatable bonds is 7. The maximum atomic E-state index is 11.8. The molecule has 2 rings (SSSR count). The second kappa shape index (κ2) is 8.28. The molecule has 1 N–H and O–H groups in total. The molecule has 6 nitrogen and oxygen atoms in total. The van der Waals surface area contributed by atoms with Gasteiger partial charge in [-0.25, -0.2) is 9.78 Å². The summed E-state index contributed by atoms with van der Waals surface area (Å²) in [5, 5.41) is 4.69. The molecule has 0 aliphatic rings.